The zero-order valence-corrected chi connectivity index (χ0v) is 21.4. The average molecular weight is 512 g/mol. The number of carbonyl (C=O) groups excluding carboxylic acids is 2. The van der Waals surface area contributed by atoms with Gasteiger partial charge in [-0.15, -0.1) is 0 Å². The maximum absolute atomic E-state index is 13.7. The summed E-state index contributed by atoms with van der Waals surface area (Å²) in [5, 5.41) is 4.03. The maximum atomic E-state index is 13.7. The number of ether oxygens (including phenoxy) is 1. The number of nitrogens with one attached hydrogen (secondary N) is 1. The highest BCUT2D eigenvalue weighted by Crippen LogP contribution is 2.37. The van der Waals surface area contributed by atoms with Crippen LogP contribution in [0.25, 0.3) is 11.4 Å². The van der Waals surface area contributed by atoms with Gasteiger partial charge in [0.25, 0.3) is 0 Å². The number of hydrogen-bond acceptors (Lipinski definition) is 7. The van der Waals surface area contributed by atoms with Crippen molar-refractivity contribution >= 4 is 28.7 Å². The van der Waals surface area contributed by atoms with E-state index >= 15 is 0 Å². The van der Waals surface area contributed by atoms with Gasteiger partial charge in [-0.3, -0.25) is 4.79 Å². The first-order valence-electron chi connectivity index (χ1n) is 11.8. The minimum atomic E-state index is -0.559. The second-order valence-electron chi connectivity index (χ2n) is 9.98. The van der Waals surface area contributed by atoms with Gasteiger partial charge in [-0.2, -0.15) is 9.36 Å². The quantitative estimate of drug-likeness (QED) is 0.491. The molecule has 190 valence electrons. The molecule has 36 heavy (non-hydrogen) atoms. The van der Waals surface area contributed by atoms with E-state index in [0.717, 1.165) is 5.56 Å². The molecule has 2 aromatic carbocycles. The van der Waals surface area contributed by atoms with Crippen LogP contribution in [0.2, 0.25) is 0 Å². The standard InChI is InChI=1S/C26H30FN5O3S/c1-25(2,3)35-24(34)32-13-11-26(12-14-32,19-7-9-20(27)10-8-19)16-29-23-30-22(31-36-23)18-6-4-5-17(15-18)21(28)33/h4-10,15H,11-14,16H2,1-3H3,(H2,28,33)(H,29,30,31). The summed E-state index contributed by atoms with van der Waals surface area (Å²) >= 11 is 1.22. The Morgan fingerprint density at radius 2 is 1.86 bits per heavy atom. The number of hydrogen-bond donors (Lipinski definition) is 2. The summed E-state index contributed by atoms with van der Waals surface area (Å²) in [5.74, 6) is -0.300. The number of primary amides is 1. The van der Waals surface area contributed by atoms with E-state index in [1.807, 2.05) is 26.8 Å². The highest BCUT2D eigenvalue weighted by atomic mass is 32.1. The Kier molecular flexibility index (Phi) is 7.26. The highest BCUT2D eigenvalue weighted by molar-refractivity contribution is 7.09. The topological polar surface area (TPSA) is 110 Å². The fraction of sp³-hybridized carbons (Fsp3) is 0.385. The third-order valence-corrected chi connectivity index (χ3v) is 6.91. The molecule has 2 heterocycles. The van der Waals surface area contributed by atoms with Crippen LogP contribution in [-0.4, -0.2) is 51.5 Å². The lowest BCUT2D eigenvalue weighted by Crippen LogP contribution is -2.49. The number of aromatic nitrogens is 2. The number of likely N-dealkylation sites (tertiary alicyclic amines) is 1. The predicted molar refractivity (Wildman–Crippen MR) is 137 cm³/mol. The van der Waals surface area contributed by atoms with E-state index < -0.39 is 11.5 Å². The molecule has 0 spiro atoms. The van der Waals surface area contributed by atoms with Gasteiger partial charge in [0, 0.05) is 47.7 Å². The smallest absolute Gasteiger partial charge is 0.410 e. The van der Waals surface area contributed by atoms with Crippen molar-refractivity contribution in [3.63, 3.8) is 0 Å². The summed E-state index contributed by atoms with van der Waals surface area (Å²) in [6.45, 7) is 7.13. The Morgan fingerprint density at radius 3 is 2.50 bits per heavy atom. The second kappa shape index (κ2) is 10.2. The predicted octanol–water partition coefficient (Wildman–Crippen LogP) is 4.82. The van der Waals surface area contributed by atoms with Crippen LogP contribution in [-0.2, 0) is 10.2 Å². The van der Waals surface area contributed by atoms with E-state index in [-0.39, 0.29) is 17.3 Å². The van der Waals surface area contributed by atoms with E-state index in [2.05, 4.69) is 14.7 Å². The van der Waals surface area contributed by atoms with Crippen LogP contribution in [0.15, 0.2) is 48.5 Å². The van der Waals surface area contributed by atoms with Gasteiger partial charge >= 0.3 is 6.09 Å². The van der Waals surface area contributed by atoms with Crippen LogP contribution < -0.4 is 11.1 Å². The lowest BCUT2D eigenvalue weighted by atomic mass is 9.72. The number of rotatable bonds is 6. The van der Waals surface area contributed by atoms with Crippen molar-refractivity contribution in [3.8, 4) is 11.4 Å². The van der Waals surface area contributed by atoms with Crippen LogP contribution in [0.3, 0.4) is 0 Å². The SMILES string of the molecule is CC(C)(C)OC(=O)N1CCC(CNc2nc(-c3cccc(C(N)=O)c3)ns2)(c2ccc(F)cc2)CC1. The van der Waals surface area contributed by atoms with Gasteiger partial charge < -0.3 is 20.7 Å². The Morgan fingerprint density at radius 1 is 1.17 bits per heavy atom. The first-order valence-corrected chi connectivity index (χ1v) is 12.5. The number of nitrogens with zero attached hydrogens (tertiary/aromatic N) is 3. The maximum Gasteiger partial charge on any atom is 0.410 e. The zero-order chi connectivity index (χ0) is 25.9. The number of anilines is 1. The summed E-state index contributed by atoms with van der Waals surface area (Å²) in [6.07, 6.45) is 1.03. The van der Waals surface area contributed by atoms with Crippen molar-refractivity contribution in [2.24, 2.45) is 5.73 Å². The summed E-state index contributed by atoms with van der Waals surface area (Å²) in [5.41, 5.74) is 6.60. The van der Waals surface area contributed by atoms with Crippen LogP contribution in [0.4, 0.5) is 14.3 Å². The van der Waals surface area contributed by atoms with E-state index in [1.165, 1.54) is 23.7 Å². The minimum Gasteiger partial charge on any atom is -0.444 e. The normalized spacial score (nSPS) is 15.4. The molecule has 8 nitrogen and oxygen atoms in total. The second-order valence-corrected chi connectivity index (χ2v) is 10.7. The van der Waals surface area contributed by atoms with Crippen molar-refractivity contribution in [3.05, 3.63) is 65.5 Å². The molecule has 0 atom stereocenters. The van der Waals surface area contributed by atoms with Crippen molar-refractivity contribution < 1.29 is 18.7 Å². The monoisotopic (exact) mass is 511 g/mol. The molecule has 0 radical (unpaired) electrons. The first kappa shape index (κ1) is 25.6. The number of benzene rings is 2. The molecule has 3 N–H and O–H groups in total. The van der Waals surface area contributed by atoms with Gasteiger partial charge in [0.2, 0.25) is 11.0 Å². The summed E-state index contributed by atoms with van der Waals surface area (Å²) in [7, 11) is 0. The van der Waals surface area contributed by atoms with Gasteiger partial charge in [0.05, 0.1) is 0 Å². The molecule has 10 heteroatoms. The van der Waals surface area contributed by atoms with Crippen molar-refractivity contribution in [2.45, 2.75) is 44.6 Å². The van der Waals surface area contributed by atoms with Gasteiger partial charge in [0.1, 0.15) is 11.4 Å². The summed E-state index contributed by atoms with van der Waals surface area (Å²) in [6, 6.07) is 13.4. The minimum absolute atomic E-state index is 0.292. The molecule has 0 saturated carbocycles. The highest BCUT2D eigenvalue weighted by Gasteiger charge is 2.38. The van der Waals surface area contributed by atoms with Gasteiger partial charge in [-0.25, -0.2) is 9.18 Å². The number of nitrogens with two attached hydrogens (primary N) is 1. The Labute approximate surface area is 213 Å². The average Bonchev–Trinajstić information content (AvgIpc) is 3.32. The Balaban J connectivity index is 1.50. The number of amides is 2. The molecule has 0 aliphatic carbocycles. The van der Waals surface area contributed by atoms with Gasteiger partial charge in [-0.05, 0) is 63.4 Å². The molecule has 4 rings (SSSR count). The molecule has 0 bridgehead atoms. The third-order valence-electron chi connectivity index (χ3n) is 6.24. The van der Waals surface area contributed by atoms with Crippen LogP contribution in [0, 0.1) is 5.82 Å². The van der Waals surface area contributed by atoms with Crippen molar-refractivity contribution in [1.82, 2.24) is 14.3 Å². The molecule has 1 aliphatic heterocycles. The van der Waals surface area contributed by atoms with Crippen LogP contribution in [0.5, 0.6) is 0 Å². The van der Waals surface area contributed by atoms with E-state index in [1.54, 1.807) is 35.2 Å². The van der Waals surface area contributed by atoms with Crippen LogP contribution in [0.1, 0.15) is 49.5 Å². The number of carbonyl (C=O) groups is 2. The van der Waals surface area contributed by atoms with E-state index in [4.69, 9.17) is 10.5 Å². The molecule has 1 fully saturated rings. The van der Waals surface area contributed by atoms with Crippen LogP contribution >= 0.6 is 11.5 Å². The van der Waals surface area contributed by atoms with Gasteiger partial charge in [0.15, 0.2) is 5.82 Å². The lowest BCUT2D eigenvalue weighted by Gasteiger charge is -2.42. The molecular weight excluding hydrogens is 481 g/mol. The molecular formula is C26H30FN5O3S. The summed E-state index contributed by atoms with van der Waals surface area (Å²) < 4.78 is 23.6. The molecule has 1 aliphatic rings. The molecule has 1 saturated heterocycles. The summed E-state index contributed by atoms with van der Waals surface area (Å²) in [4.78, 5) is 30.4. The van der Waals surface area contributed by atoms with E-state index in [0.29, 0.717) is 54.6 Å². The van der Waals surface area contributed by atoms with E-state index in [9.17, 15) is 14.0 Å². The fourth-order valence-corrected chi connectivity index (χ4v) is 4.87. The number of halogens is 1. The lowest BCUT2D eigenvalue weighted by molar-refractivity contribution is 0.0169. The molecule has 1 aromatic heterocycles. The Bertz CT molecular complexity index is 1230. The third kappa shape index (κ3) is 5.99. The first-order chi connectivity index (χ1) is 17.0. The molecule has 2 amide bonds. The van der Waals surface area contributed by atoms with Crippen molar-refractivity contribution in [1.29, 1.82) is 0 Å². The fourth-order valence-electron chi connectivity index (χ4n) is 4.28. The van der Waals surface area contributed by atoms with Crippen molar-refractivity contribution in [2.75, 3.05) is 25.0 Å². The zero-order valence-electron chi connectivity index (χ0n) is 20.6. The largest absolute Gasteiger partial charge is 0.444 e. The number of piperidine rings is 1. The molecule has 3 aromatic rings. The molecule has 0 unspecified atom stereocenters. The Hall–Kier alpha value is -3.53. The van der Waals surface area contributed by atoms with Gasteiger partial charge in [-0.1, -0.05) is 24.3 Å².